The molecule has 4 atom stereocenters. The maximum absolute atomic E-state index is 13.8. The summed E-state index contributed by atoms with van der Waals surface area (Å²) in [6.45, 7) is -13.2. The van der Waals surface area contributed by atoms with E-state index in [1.165, 1.54) is 13.8 Å². The fraction of sp³-hybridized carbons (Fsp3) is 0.708. The highest BCUT2D eigenvalue weighted by Crippen LogP contribution is 2.44. The number of nitrogens with zero attached hydrogens (tertiary/aromatic N) is 1. The first-order valence-corrected chi connectivity index (χ1v) is 8.82. The Balaban J connectivity index is 2.56. The number of aryl methyl sites for hydroxylation is 1. The predicted octanol–water partition coefficient (Wildman–Crippen LogP) is 3.56. The van der Waals surface area contributed by atoms with E-state index in [0.717, 1.165) is 0 Å². The molecule has 3 unspecified atom stereocenters. The molecule has 6 heteroatoms. The number of carbonyl (C=O) groups is 1. The smallest absolute Gasteiger partial charge is 0.323 e. The van der Waals surface area contributed by atoms with Gasteiger partial charge < -0.3 is 19.9 Å². The van der Waals surface area contributed by atoms with Crippen LogP contribution in [-0.2, 0) is 15.9 Å². The minimum atomic E-state index is -4.23. The highest BCUT2D eigenvalue weighted by molar-refractivity contribution is 5.76. The number of hydrogen-bond donors (Lipinski definition) is 1. The molecule has 2 aliphatic heterocycles. The summed E-state index contributed by atoms with van der Waals surface area (Å²) in [5.74, 6) is -13.2. The summed E-state index contributed by atoms with van der Waals surface area (Å²) in [7, 11) is -6.84. The third-order valence-electron chi connectivity index (χ3n) is 4.27. The number of esters is 1. The Morgan fingerprint density at radius 3 is 2.77 bits per heavy atom. The van der Waals surface area contributed by atoms with Gasteiger partial charge in [0.05, 0.1) is 25.0 Å². The molecule has 1 aromatic carbocycles. The molecule has 0 spiro atoms. The summed E-state index contributed by atoms with van der Waals surface area (Å²) in [5, 5.41) is 0. The number of rotatable bonds is 7. The number of methoxy groups -OCH3 is 2. The van der Waals surface area contributed by atoms with Crippen molar-refractivity contribution in [3.05, 3.63) is 23.3 Å². The standard InChI is InChI=1S/C24H38N2O4/c1-14(2)9-17-13-26-8-7-16-10-21(28-5)22(29-6)11-18(16)19(26)12-20(17)30-24(27)23(25)15(3)4/h10-11,14-15,17,19-20,23H,7-9,12-13,25H2,1-6H3/t17?,19?,20?,23-/m0/s1/i3D3,4D3,5D3,6D3,7D2,8D2,12D2,13D2,15D,17D,19D,23D. The van der Waals surface area contributed by atoms with Crippen LogP contribution in [0.2, 0.25) is 0 Å². The molecule has 0 amide bonds. The monoisotopic (exact) mass is 442 g/mol. The Morgan fingerprint density at radius 2 is 2.10 bits per heavy atom. The maximum atomic E-state index is 13.8. The Labute approximate surface area is 214 Å². The van der Waals surface area contributed by atoms with E-state index in [4.69, 9.17) is 44.6 Å². The van der Waals surface area contributed by atoms with E-state index in [9.17, 15) is 13.0 Å². The second kappa shape index (κ2) is 9.56. The van der Waals surface area contributed by atoms with Crippen LogP contribution >= 0.6 is 0 Å². The van der Waals surface area contributed by atoms with E-state index < -0.39 is 124 Å². The van der Waals surface area contributed by atoms with Crippen molar-refractivity contribution in [3.8, 4) is 11.5 Å². The lowest BCUT2D eigenvalue weighted by atomic mass is 9.79. The summed E-state index contributed by atoms with van der Waals surface area (Å²) in [6.07, 6.45) is -11.6. The van der Waals surface area contributed by atoms with Crippen molar-refractivity contribution in [3.63, 3.8) is 0 Å². The average Bonchev–Trinajstić information content (AvgIpc) is 2.90. The molecule has 1 fully saturated rings. The van der Waals surface area contributed by atoms with Gasteiger partial charge in [0.15, 0.2) is 11.5 Å². The summed E-state index contributed by atoms with van der Waals surface area (Å²) in [4.78, 5) is 13.5. The van der Waals surface area contributed by atoms with Crippen LogP contribution in [0.4, 0.5) is 0 Å². The van der Waals surface area contributed by atoms with Gasteiger partial charge in [0.25, 0.3) is 0 Å². The number of piperidine rings is 1. The van der Waals surface area contributed by atoms with E-state index in [0.29, 0.717) is 12.1 Å². The molecule has 0 bridgehead atoms. The van der Waals surface area contributed by atoms with Crippen molar-refractivity contribution in [2.45, 2.75) is 64.9 Å². The van der Waals surface area contributed by atoms with Crippen LogP contribution in [0.15, 0.2) is 12.1 Å². The van der Waals surface area contributed by atoms with Gasteiger partial charge in [-0.25, -0.2) is 0 Å². The van der Waals surface area contributed by atoms with Gasteiger partial charge in [-0.05, 0) is 47.9 Å². The van der Waals surface area contributed by atoms with Gasteiger partial charge in [0, 0.05) is 53.2 Å². The quantitative estimate of drug-likeness (QED) is 0.651. The molecule has 2 N–H and O–H groups in total. The van der Waals surface area contributed by atoms with Crippen LogP contribution in [0.3, 0.4) is 0 Å². The van der Waals surface area contributed by atoms with E-state index in [1.807, 2.05) is 0 Å². The van der Waals surface area contributed by atoms with Gasteiger partial charge in [-0.3, -0.25) is 9.69 Å². The van der Waals surface area contributed by atoms with Gasteiger partial charge >= 0.3 is 5.97 Å². The molecule has 2 heterocycles. The molecule has 1 aromatic rings. The Bertz CT molecular complexity index is 1620. The minimum Gasteiger partial charge on any atom is -0.493 e. The van der Waals surface area contributed by atoms with Crippen LogP contribution in [0.5, 0.6) is 11.5 Å². The Morgan fingerprint density at radius 1 is 1.37 bits per heavy atom. The first kappa shape index (κ1) is 7.11. The lowest BCUT2D eigenvalue weighted by Gasteiger charge is -2.47. The second-order valence-electron chi connectivity index (χ2n) is 6.92. The highest BCUT2D eigenvalue weighted by atomic mass is 16.5. The van der Waals surface area contributed by atoms with Crippen LogP contribution < -0.4 is 15.2 Å². The summed E-state index contributed by atoms with van der Waals surface area (Å²) in [5.41, 5.74) is 3.37. The third-order valence-corrected chi connectivity index (χ3v) is 4.27. The van der Waals surface area contributed by atoms with Crippen molar-refractivity contribution in [1.82, 2.24) is 4.90 Å². The van der Waals surface area contributed by atoms with E-state index in [-0.39, 0.29) is 4.90 Å². The molecule has 0 saturated carbocycles. The third kappa shape index (κ3) is 4.75. The zero-order chi connectivity index (χ0) is 42.9. The molecule has 168 valence electrons. The number of hydrogen-bond acceptors (Lipinski definition) is 6. The van der Waals surface area contributed by atoms with Crippen LogP contribution in [0.25, 0.3) is 0 Å². The predicted molar refractivity (Wildman–Crippen MR) is 118 cm³/mol. The largest absolute Gasteiger partial charge is 0.493 e. The molecular weight excluding hydrogens is 380 g/mol. The Kier molecular flexibility index (Phi) is 2.27. The van der Waals surface area contributed by atoms with Crippen LogP contribution in [-0.4, -0.2) is 50.1 Å². The van der Waals surface area contributed by atoms with Gasteiger partial charge in [0.1, 0.15) is 12.1 Å². The number of ether oxygens (including phenoxy) is 3. The zero-order valence-corrected chi connectivity index (χ0v) is 16.2. The van der Waals surface area contributed by atoms with Gasteiger partial charge in [-0.15, -0.1) is 0 Å². The fourth-order valence-electron chi connectivity index (χ4n) is 2.92. The van der Waals surface area contributed by atoms with Crippen molar-refractivity contribution >= 4 is 5.97 Å². The maximum Gasteiger partial charge on any atom is 0.323 e. The number of carbonyl (C=O) groups excluding carboxylic acids is 1. The van der Waals surface area contributed by atoms with Gasteiger partial charge in [-0.2, -0.15) is 0 Å². The van der Waals surface area contributed by atoms with E-state index >= 15 is 0 Å². The molecule has 30 heavy (non-hydrogen) atoms. The number of fused-ring (bicyclic) bond motifs is 3. The molecule has 0 radical (unpaired) electrons. The molecule has 2 aliphatic rings. The normalized spacial score (nSPS) is 51.4. The number of benzene rings is 1. The molecular formula is C24H38N2O4. The second-order valence-corrected chi connectivity index (χ2v) is 6.92. The fourth-order valence-corrected chi connectivity index (χ4v) is 2.92. The van der Waals surface area contributed by atoms with Crippen molar-refractivity contribution < 1.29 is 51.9 Å². The zero-order valence-electron chi connectivity index (χ0n) is 40.2. The highest BCUT2D eigenvalue weighted by Gasteiger charge is 2.41. The molecule has 1 saturated heterocycles. The topological polar surface area (TPSA) is 74.0 Å². The van der Waals surface area contributed by atoms with Crippen molar-refractivity contribution in [1.29, 1.82) is 0 Å². The van der Waals surface area contributed by atoms with Gasteiger partial charge in [-0.1, -0.05) is 27.6 Å². The van der Waals surface area contributed by atoms with Crippen molar-refractivity contribution in [2.75, 3.05) is 27.1 Å². The first-order chi connectivity index (χ1) is 23.4. The number of nitrogens with two attached hydrogens (primary N) is 1. The summed E-state index contributed by atoms with van der Waals surface area (Å²) < 4.78 is 214. The van der Waals surface area contributed by atoms with Gasteiger partial charge in [0.2, 0.25) is 0 Å². The average molecular weight is 443 g/mol. The minimum absolute atomic E-state index is 0.311. The SMILES string of the molecule is [2H]C([2H])([2H])Oc1cc2c(cc1OC([2H])([2H])[2H])C1([2H])N(C([2H])([2H])C2([2H])[2H])C([2H])([2H])C([2H])(CC(C)C)C(OC(=O)[C@@]([2H])(N)C([2H])(C([2H])([2H])[2H])C([2H])([2H])[2H])C1([2H])[2H]. The molecule has 0 aliphatic carbocycles. The van der Waals surface area contributed by atoms with Crippen molar-refractivity contribution in [2.24, 2.45) is 23.4 Å². The van der Waals surface area contributed by atoms with E-state index in [2.05, 4.69) is 0 Å². The summed E-state index contributed by atoms with van der Waals surface area (Å²) >= 11 is 0. The lowest BCUT2D eigenvalue weighted by Crippen LogP contribution is -2.51. The Hall–Kier alpha value is -1.79. The van der Waals surface area contributed by atoms with E-state index in [1.54, 1.807) is 0 Å². The molecule has 6 nitrogen and oxygen atoms in total. The molecule has 0 aromatic heterocycles. The lowest BCUT2D eigenvalue weighted by molar-refractivity contribution is -0.160. The molecule has 3 rings (SSSR count). The first-order valence-electron chi connectivity index (χ1n) is 20.8. The van der Waals surface area contributed by atoms with Crippen LogP contribution in [0, 0.1) is 17.7 Å². The summed E-state index contributed by atoms with van der Waals surface area (Å²) in [6, 6.07) is -7.23. The van der Waals surface area contributed by atoms with Crippen LogP contribution in [0.1, 0.15) is 90.4 Å².